The SMILES string of the molecule is CC1C(C)C(F)(F)C(F)(F)C(F)(F)C1(F)F. The van der Waals surface area contributed by atoms with Gasteiger partial charge in [0.25, 0.3) is 0 Å². The smallest absolute Gasteiger partial charge is 0.199 e. The molecule has 1 aliphatic rings. The van der Waals surface area contributed by atoms with E-state index in [4.69, 9.17) is 0 Å². The number of hydrogen-bond donors (Lipinski definition) is 0. The summed E-state index contributed by atoms with van der Waals surface area (Å²) in [6.45, 7) is 0.809. The van der Waals surface area contributed by atoms with E-state index in [-0.39, 0.29) is 0 Å². The van der Waals surface area contributed by atoms with E-state index in [1.807, 2.05) is 0 Å². The number of hydrogen-bond acceptors (Lipinski definition) is 0. The first kappa shape index (κ1) is 13.5. The van der Waals surface area contributed by atoms with Crippen LogP contribution in [0.2, 0.25) is 0 Å². The summed E-state index contributed by atoms with van der Waals surface area (Å²) in [7, 11) is 0. The lowest BCUT2D eigenvalue weighted by Gasteiger charge is -2.48. The molecule has 0 aromatic heterocycles. The molecule has 8 heteroatoms. The Morgan fingerprint density at radius 1 is 0.562 bits per heavy atom. The van der Waals surface area contributed by atoms with Crippen molar-refractivity contribution >= 4 is 0 Å². The van der Waals surface area contributed by atoms with Crippen LogP contribution in [0.1, 0.15) is 13.8 Å². The minimum atomic E-state index is -6.06. The number of alkyl halides is 8. The predicted octanol–water partition coefficient (Wildman–Crippen LogP) is 3.81. The molecule has 0 aliphatic heterocycles. The summed E-state index contributed by atoms with van der Waals surface area (Å²) in [5.41, 5.74) is 0. The van der Waals surface area contributed by atoms with Gasteiger partial charge in [0.1, 0.15) is 0 Å². The quantitative estimate of drug-likeness (QED) is 0.578. The van der Waals surface area contributed by atoms with E-state index in [1.165, 1.54) is 0 Å². The normalized spacial score (nSPS) is 39.4. The van der Waals surface area contributed by atoms with Gasteiger partial charge in [-0.05, 0) is 0 Å². The second-order valence-electron chi connectivity index (χ2n) is 3.97. The molecule has 1 fully saturated rings. The van der Waals surface area contributed by atoms with Crippen molar-refractivity contribution in [3.8, 4) is 0 Å². The minimum absolute atomic E-state index is 0.404. The Morgan fingerprint density at radius 2 is 0.750 bits per heavy atom. The minimum Gasteiger partial charge on any atom is -0.199 e. The van der Waals surface area contributed by atoms with Gasteiger partial charge < -0.3 is 0 Å². The van der Waals surface area contributed by atoms with Gasteiger partial charge in [-0.15, -0.1) is 0 Å². The fourth-order valence-electron chi connectivity index (χ4n) is 1.62. The number of halogens is 8. The van der Waals surface area contributed by atoms with Gasteiger partial charge in [-0.2, -0.15) is 35.1 Å². The molecule has 0 radical (unpaired) electrons. The van der Waals surface area contributed by atoms with Gasteiger partial charge in [0, 0.05) is 11.8 Å². The summed E-state index contributed by atoms with van der Waals surface area (Å²) in [4.78, 5) is 0. The van der Waals surface area contributed by atoms with Crippen LogP contribution in [-0.4, -0.2) is 23.7 Å². The first-order chi connectivity index (χ1) is 6.82. The predicted molar refractivity (Wildman–Crippen MR) is 38.1 cm³/mol. The fourth-order valence-corrected chi connectivity index (χ4v) is 1.62. The molecule has 1 aliphatic carbocycles. The lowest BCUT2D eigenvalue weighted by Crippen LogP contribution is -2.72. The fraction of sp³-hybridized carbons (Fsp3) is 1.00. The van der Waals surface area contributed by atoms with Gasteiger partial charge >= 0.3 is 23.7 Å². The molecule has 0 spiro atoms. The third-order valence-electron chi connectivity index (χ3n) is 3.13. The van der Waals surface area contributed by atoms with Gasteiger partial charge in [-0.25, -0.2) is 0 Å². The Morgan fingerprint density at radius 3 is 0.938 bits per heavy atom. The first-order valence-electron chi connectivity index (χ1n) is 4.33. The Labute approximate surface area is 85.6 Å². The van der Waals surface area contributed by atoms with E-state index in [0.29, 0.717) is 13.8 Å². The molecule has 96 valence electrons. The van der Waals surface area contributed by atoms with Crippen LogP contribution < -0.4 is 0 Å². The molecule has 0 nitrogen and oxygen atoms in total. The van der Waals surface area contributed by atoms with Gasteiger partial charge in [-0.3, -0.25) is 0 Å². The average molecular weight is 256 g/mol. The lowest BCUT2D eigenvalue weighted by molar-refractivity contribution is -0.420. The standard InChI is InChI=1S/C8H8F8/c1-3-4(2)6(11,12)8(15,16)7(13,14)5(3,9)10/h3-4H,1-2H3. The van der Waals surface area contributed by atoms with Crippen LogP contribution >= 0.6 is 0 Å². The maximum atomic E-state index is 12.9. The third kappa shape index (κ3) is 1.15. The average Bonchev–Trinajstić information content (AvgIpc) is 2.12. The molecule has 2 unspecified atom stereocenters. The maximum absolute atomic E-state index is 12.9. The zero-order valence-electron chi connectivity index (χ0n) is 8.18. The molecule has 1 saturated carbocycles. The van der Waals surface area contributed by atoms with Crippen LogP contribution in [0.4, 0.5) is 35.1 Å². The summed E-state index contributed by atoms with van der Waals surface area (Å²) in [6, 6.07) is 0. The zero-order valence-corrected chi connectivity index (χ0v) is 8.18. The highest BCUT2D eigenvalue weighted by Gasteiger charge is 2.87. The van der Waals surface area contributed by atoms with Crippen molar-refractivity contribution in [3.63, 3.8) is 0 Å². The van der Waals surface area contributed by atoms with E-state index in [2.05, 4.69) is 0 Å². The van der Waals surface area contributed by atoms with E-state index >= 15 is 0 Å². The van der Waals surface area contributed by atoms with Crippen molar-refractivity contribution in [2.45, 2.75) is 37.5 Å². The Bertz CT molecular complexity index is 264. The van der Waals surface area contributed by atoms with E-state index in [0.717, 1.165) is 0 Å². The summed E-state index contributed by atoms with van der Waals surface area (Å²) < 4.78 is 102. The van der Waals surface area contributed by atoms with Crippen LogP contribution in [0.5, 0.6) is 0 Å². The second-order valence-corrected chi connectivity index (χ2v) is 3.97. The third-order valence-corrected chi connectivity index (χ3v) is 3.13. The summed E-state index contributed by atoms with van der Waals surface area (Å²) in [6.07, 6.45) is 0. The molecule has 0 heterocycles. The molecular formula is C8H8F8. The van der Waals surface area contributed by atoms with Crippen molar-refractivity contribution in [2.75, 3.05) is 0 Å². The van der Waals surface area contributed by atoms with Crippen molar-refractivity contribution in [2.24, 2.45) is 11.8 Å². The highest BCUT2D eigenvalue weighted by atomic mass is 19.4. The van der Waals surface area contributed by atoms with Gasteiger partial charge in [0.05, 0.1) is 0 Å². The van der Waals surface area contributed by atoms with E-state index in [1.54, 1.807) is 0 Å². The number of rotatable bonds is 0. The van der Waals surface area contributed by atoms with E-state index in [9.17, 15) is 35.1 Å². The molecule has 0 N–H and O–H groups in total. The molecule has 0 amide bonds. The van der Waals surface area contributed by atoms with Crippen molar-refractivity contribution in [3.05, 3.63) is 0 Å². The highest BCUT2D eigenvalue weighted by Crippen LogP contribution is 2.63. The van der Waals surface area contributed by atoms with Crippen molar-refractivity contribution in [1.82, 2.24) is 0 Å². The lowest BCUT2D eigenvalue weighted by atomic mass is 9.71. The molecule has 2 atom stereocenters. The molecule has 16 heavy (non-hydrogen) atoms. The highest BCUT2D eigenvalue weighted by molar-refractivity contribution is 5.13. The zero-order chi connectivity index (χ0) is 13.2. The molecule has 0 aromatic carbocycles. The summed E-state index contributed by atoms with van der Waals surface area (Å²) in [5, 5.41) is 0. The van der Waals surface area contributed by atoms with Crippen LogP contribution in [0.3, 0.4) is 0 Å². The van der Waals surface area contributed by atoms with Gasteiger partial charge in [0.15, 0.2) is 0 Å². The molecule has 0 saturated heterocycles. The van der Waals surface area contributed by atoms with Crippen molar-refractivity contribution in [1.29, 1.82) is 0 Å². The van der Waals surface area contributed by atoms with Crippen LogP contribution in [0, 0.1) is 11.8 Å². The van der Waals surface area contributed by atoms with Gasteiger partial charge in [-0.1, -0.05) is 13.8 Å². The molecule has 0 aromatic rings. The van der Waals surface area contributed by atoms with Crippen LogP contribution in [-0.2, 0) is 0 Å². The molecular weight excluding hydrogens is 248 g/mol. The maximum Gasteiger partial charge on any atom is 0.378 e. The summed E-state index contributed by atoms with van der Waals surface area (Å²) >= 11 is 0. The Balaban J connectivity index is 3.42. The second kappa shape index (κ2) is 3.01. The summed E-state index contributed by atoms with van der Waals surface area (Å²) in [5.74, 6) is -27.5. The van der Waals surface area contributed by atoms with Crippen LogP contribution in [0.25, 0.3) is 0 Å². The first-order valence-corrected chi connectivity index (χ1v) is 4.33. The topological polar surface area (TPSA) is 0 Å². The molecule has 1 rings (SSSR count). The van der Waals surface area contributed by atoms with Crippen molar-refractivity contribution < 1.29 is 35.1 Å². The van der Waals surface area contributed by atoms with E-state index < -0.39 is 35.5 Å². The van der Waals surface area contributed by atoms with Gasteiger partial charge in [0.2, 0.25) is 0 Å². The molecule has 0 bridgehead atoms. The Hall–Kier alpha value is -0.560. The Kier molecular flexibility index (Phi) is 2.54. The van der Waals surface area contributed by atoms with Crippen LogP contribution in [0.15, 0.2) is 0 Å². The monoisotopic (exact) mass is 256 g/mol. The largest absolute Gasteiger partial charge is 0.378 e.